The minimum absolute atomic E-state index is 0.0116. The molecule has 2 N–H and O–H groups in total. The van der Waals surface area contributed by atoms with Gasteiger partial charge in [-0.15, -0.1) is 0 Å². The predicted octanol–water partition coefficient (Wildman–Crippen LogP) is 0.0805. The molecular weight excluding hydrogens is 254 g/mol. The zero-order valence-corrected chi connectivity index (χ0v) is 10.8. The van der Waals surface area contributed by atoms with Crippen LogP contribution in [0.3, 0.4) is 0 Å². The Balaban J connectivity index is 2.01. The molecule has 7 nitrogen and oxygen atoms in total. The summed E-state index contributed by atoms with van der Waals surface area (Å²) < 4.78 is 27.0. The van der Waals surface area contributed by atoms with Gasteiger partial charge in [0.05, 0.1) is 11.9 Å². The molecule has 8 heteroatoms. The third-order valence-electron chi connectivity index (χ3n) is 2.35. The van der Waals surface area contributed by atoms with Crippen molar-refractivity contribution in [3.8, 4) is 0 Å². The van der Waals surface area contributed by atoms with Crippen molar-refractivity contribution in [1.82, 2.24) is 19.3 Å². The fraction of sp³-hybridized carbons (Fsp3) is 0.400. The molecule has 98 valence electrons. The lowest BCUT2D eigenvalue weighted by molar-refractivity contribution is 0.584. The van der Waals surface area contributed by atoms with Gasteiger partial charge in [0.15, 0.2) is 5.82 Å². The van der Waals surface area contributed by atoms with E-state index in [9.17, 15) is 8.42 Å². The lowest BCUT2D eigenvalue weighted by Gasteiger charge is -2.07. The molecule has 0 aromatic carbocycles. The second kappa shape index (κ2) is 5.32. The Labute approximate surface area is 105 Å². The highest BCUT2D eigenvalue weighted by Crippen LogP contribution is 2.11. The van der Waals surface area contributed by atoms with Crippen molar-refractivity contribution in [2.75, 3.05) is 24.2 Å². The number of hydrogen-bond donors (Lipinski definition) is 2. The molecule has 2 heterocycles. The van der Waals surface area contributed by atoms with Gasteiger partial charge in [0.1, 0.15) is 5.52 Å². The Morgan fingerprint density at radius 3 is 3.00 bits per heavy atom. The van der Waals surface area contributed by atoms with Crippen molar-refractivity contribution >= 4 is 21.4 Å². The monoisotopic (exact) mass is 269 g/mol. The highest BCUT2D eigenvalue weighted by Gasteiger charge is 2.08. The number of sulfonamides is 1. The van der Waals surface area contributed by atoms with Crippen LogP contribution in [0.1, 0.15) is 6.92 Å². The Morgan fingerprint density at radius 1 is 1.39 bits per heavy atom. The molecule has 0 amide bonds. The van der Waals surface area contributed by atoms with E-state index < -0.39 is 10.0 Å². The molecule has 0 saturated carbocycles. The second-order valence-electron chi connectivity index (χ2n) is 3.68. The maximum Gasteiger partial charge on any atom is 0.213 e. The van der Waals surface area contributed by atoms with Crippen molar-refractivity contribution in [2.24, 2.45) is 0 Å². The van der Waals surface area contributed by atoms with E-state index in [2.05, 4.69) is 20.1 Å². The third-order valence-corrected chi connectivity index (χ3v) is 3.82. The van der Waals surface area contributed by atoms with Crippen LogP contribution in [0, 0.1) is 0 Å². The summed E-state index contributed by atoms with van der Waals surface area (Å²) in [6, 6.07) is 1.81. The van der Waals surface area contributed by atoms with Crippen molar-refractivity contribution in [1.29, 1.82) is 0 Å². The Bertz CT molecular complexity index is 622. The number of hydrogen-bond acceptors (Lipinski definition) is 5. The highest BCUT2D eigenvalue weighted by molar-refractivity contribution is 7.89. The average molecular weight is 269 g/mol. The van der Waals surface area contributed by atoms with Gasteiger partial charge in [-0.2, -0.15) is 5.10 Å². The quantitative estimate of drug-likeness (QED) is 0.775. The number of aromatic nitrogens is 3. The van der Waals surface area contributed by atoms with Crippen LogP contribution in [0.4, 0.5) is 5.82 Å². The first-order valence-electron chi connectivity index (χ1n) is 5.62. The summed E-state index contributed by atoms with van der Waals surface area (Å²) in [5.74, 6) is 0.638. The minimum Gasteiger partial charge on any atom is -0.367 e. The fourth-order valence-electron chi connectivity index (χ4n) is 1.59. The Kier molecular flexibility index (Phi) is 3.78. The molecule has 0 bridgehead atoms. The maximum absolute atomic E-state index is 11.4. The van der Waals surface area contributed by atoms with Crippen LogP contribution >= 0.6 is 0 Å². The molecule has 0 spiro atoms. The standard InChI is InChI=1S/C10H15N5O2S/c1-2-14-18(16,17)8-6-12-10-9-3-4-13-15(9)7-5-11-10/h3-5,7,14H,2,6,8H2,1H3,(H,11,12). The molecule has 0 radical (unpaired) electrons. The third kappa shape index (κ3) is 2.96. The molecule has 2 aromatic rings. The number of nitrogens with one attached hydrogen (secondary N) is 2. The van der Waals surface area contributed by atoms with Gasteiger partial charge in [-0.25, -0.2) is 22.6 Å². The maximum atomic E-state index is 11.4. The van der Waals surface area contributed by atoms with E-state index in [1.807, 2.05) is 6.07 Å². The number of nitrogens with zero attached hydrogens (tertiary/aromatic N) is 3. The molecule has 0 fully saturated rings. The average Bonchev–Trinajstić information content (AvgIpc) is 2.77. The normalized spacial score (nSPS) is 11.8. The summed E-state index contributed by atoms with van der Waals surface area (Å²) in [6.07, 6.45) is 5.01. The van der Waals surface area contributed by atoms with Crippen molar-refractivity contribution in [2.45, 2.75) is 6.92 Å². The van der Waals surface area contributed by atoms with E-state index >= 15 is 0 Å². The lowest BCUT2D eigenvalue weighted by Crippen LogP contribution is -2.29. The summed E-state index contributed by atoms with van der Waals surface area (Å²) in [4.78, 5) is 4.16. The molecule has 2 rings (SSSR count). The zero-order valence-electron chi connectivity index (χ0n) is 10.00. The SMILES string of the molecule is CCNS(=O)(=O)CCNc1nccn2nccc12. The molecular formula is C10H15N5O2S. The van der Waals surface area contributed by atoms with Crippen molar-refractivity contribution in [3.05, 3.63) is 24.7 Å². The van der Waals surface area contributed by atoms with Crippen LogP contribution in [0.5, 0.6) is 0 Å². The van der Waals surface area contributed by atoms with Gasteiger partial charge in [0.25, 0.3) is 0 Å². The van der Waals surface area contributed by atoms with Gasteiger partial charge in [0.2, 0.25) is 10.0 Å². The van der Waals surface area contributed by atoms with E-state index in [-0.39, 0.29) is 5.75 Å². The van der Waals surface area contributed by atoms with Crippen molar-refractivity contribution < 1.29 is 8.42 Å². The minimum atomic E-state index is -3.20. The zero-order chi connectivity index (χ0) is 13.0. The fourth-order valence-corrected chi connectivity index (χ4v) is 2.54. The van der Waals surface area contributed by atoms with Gasteiger partial charge in [-0.05, 0) is 6.07 Å². The smallest absolute Gasteiger partial charge is 0.213 e. The summed E-state index contributed by atoms with van der Waals surface area (Å²) in [6.45, 7) is 2.45. The number of rotatable bonds is 6. The van der Waals surface area contributed by atoms with E-state index in [1.165, 1.54) is 0 Å². The summed E-state index contributed by atoms with van der Waals surface area (Å²) >= 11 is 0. The van der Waals surface area contributed by atoms with Gasteiger partial charge in [-0.3, -0.25) is 0 Å². The molecule has 2 aromatic heterocycles. The van der Waals surface area contributed by atoms with E-state index in [4.69, 9.17) is 0 Å². The first kappa shape index (κ1) is 12.8. The second-order valence-corrected chi connectivity index (χ2v) is 5.61. The van der Waals surface area contributed by atoms with Gasteiger partial charge < -0.3 is 5.32 Å². The molecule has 0 aliphatic heterocycles. The van der Waals surface area contributed by atoms with Crippen LogP contribution in [0.15, 0.2) is 24.7 Å². The van der Waals surface area contributed by atoms with Crippen LogP contribution in [-0.2, 0) is 10.0 Å². The van der Waals surface area contributed by atoms with Gasteiger partial charge in [0, 0.05) is 25.5 Å². The molecule has 0 atom stereocenters. The Morgan fingerprint density at radius 2 is 2.22 bits per heavy atom. The van der Waals surface area contributed by atoms with Crippen LogP contribution in [-0.4, -0.2) is 41.9 Å². The largest absolute Gasteiger partial charge is 0.367 e. The lowest BCUT2D eigenvalue weighted by atomic mass is 10.4. The molecule has 0 aliphatic rings. The molecule has 0 aliphatic carbocycles. The number of fused-ring (bicyclic) bond motifs is 1. The number of anilines is 1. The van der Waals surface area contributed by atoms with Crippen LogP contribution in [0.2, 0.25) is 0 Å². The van der Waals surface area contributed by atoms with Crippen LogP contribution in [0.25, 0.3) is 5.52 Å². The Hall–Kier alpha value is -1.67. The van der Waals surface area contributed by atoms with E-state index in [0.717, 1.165) is 5.52 Å². The molecule has 0 saturated heterocycles. The van der Waals surface area contributed by atoms with Gasteiger partial charge in [-0.1, -0.05) is 6.92 Å². The summed E-state index contributed by atoms with van der Waals surface area (Å²) in [5, 5.41) is 7.07. The molecule has 0 unspecified atom stereocenters. The summed E-state index contributed by atoms with van der Waals surface area (Å²) in [7, 11) is -3.20. The topological polar surface area (TPSA) is 88.4 Å². The predicted molar refractivity (Wildman–Crippen MR) is 68.9 cm³/mol. The van der Waals surface area contributed by atoms with E-state index in [0.29, 0.717) is 18.9 Å². The first-order chi connectivity index (χ1) is 8.62. The summed E-state index contributed by atoms with van der Waals surface area (Å²) in [5.41, 5.74) is 0.818. The highest BCUT2D eigenvalue weighted by atomic mass is 32.2. The first-order valence-corrected chi connectivity index (χ1v) is 7.27. The van der Waals surface area contributed by atoms with E-state index in [1.54, 1.807) is 30.0 Å². The van der Waals surface area contributed by atoms with Crippen LogP contribution < -0.4 is 10.0 Å². The van der Waals surface area contributed by atoms with Crippen molar-refractivity contribution in [3.63, 3.8) is 0 Å². The van der Waals surface area contributed by atoms with Gasteiger partial charge >= 0.3 is 0 Å². The molecule has 18 heavy (non-hydrogen) atoms.